The normalized spacial score (nSPS) is 17.2. The van der Waals surface area contributed by atoms with E-state index < -0.39 is 34.5 Å². The lowest BCUT2D eigenvalue weighted by molar-refractivity contribution is 0.0977. The smallest absolute Gasteiger partial charge is 0.269 e. The van der Waals surface area contributed by atoms with E-state index in [2.05, 4.69) is 10.2 Å². The third kappa shape index (κ3) is 6.47. The van der Waals surface area contributed by atoms with Gasteiger partial charge in [0, 0.05) is 32.4 Å². The second-order valence-corrected chi connectivity index (χ2v) is 10.9. The number of amides is 1. The molecule has 1 amide bonds. The number of hydrogen-bond donors (Lipinski definition) is 1. The number of hydrogen-bond acceptors (Lipinski definition) is 7. The van der Waals surface area contributed by atoms with E-state index >= 15 is 4.39 Å². The highest BCUT2D eigenvalue weighted by molar-refractivity contribution is 7.90. The molecule has 8 nitrogen and oxygen atoms in total. The van der Waals surface area contributed by atoms with Crippen LogP contribution < -0.4 is 9.62 Å². The predicted octanol–water partition coefficient (Wildman–Crippen LogP) is 2.55. The van der Waals surface area contributed by atoms with Crippen molar-refractivity contribution >= 4 is 21.6 Å². The summed E-state index contributed by atoms with van der Waals surface area (Å²) < 4.78 is 55.1. The van der Waals surface area contributed by atoms with Crippen LogP contribution in [0.3, 0.4) is 0 Å². The highest BCUT2D eigenvalue weighted by Crippen LogP contribution is 2.29. The Bertz CT molecular complexity index is 1100. The molecule has 11 heteroatoms. The van der Waals surface area contributed by atoms with Gasteiger partial charge >= 0.3 is 0 Å². The fourth-order valence-electron chi connectivity index (χ4n) is 4.07. The van der Waals surface area contributed by atoms with E-state index in [-0.39, 0.29) is 29.5 Å². The van der Waals surface area contributed by atoms with Gasteiger partial charge < -0.3 is 4.90 Å². The Kier molecular flexibility index (Phi) is 8.53. The van der Waals surface area contributed by atoms with E-state index in [1.807, 2.05) is 29.5 Å². The van der Waals surface area contributed by atoms with Crippen molar-refractivity contribution in [1.82, 2.24) is 19.8 Å². The van der Waals surface area contributed by atoms with Crippen LogP contribution in [0.5, 0.6) is 0 Å². The van der Waals surface area contributed by atoms with Gasteiger partial charge in [0.05, 0.1) is 28.7 Å². The summed E-state index contributed by atoms with van der Waals surface area (Å²) in [5.74, 6) is -1.89. The van der Waals surface area contributed by atoms with Gasteiger partial charge in [-0.05, 0) is 49.1 Å². The zero-order valence-corrected chi connectivity index (χ0v) is 20.5. The maximum atomic E-state index is 15.2. The summed E-state index contributed by atoms with van der Waals surface area (Å²) in [5.41, 5.74) is 1.34. The number of carbonyl (C=O) groups is 1. The third-order valence-electron chi connectivity index (χ3n) is 5.74. The van der Waals surface area contributed by atoms with E-state index in [4.69, 9.17) is 0 Å². The lowest BCUT2D eigenvalue weighted by Gasteiger charge is -2.41. The van der Waals surface area contributed by atoms with Gasteiger partial charge in [-0.2, -0.15) is 10.2 Å². The van der Waals surface area contributed by atoms with Gasteiger partial charge in [0.2, 0.25) is 10.0 Å². The van der Waals surface area contributed by atoms with E-state index in [1.165, 1.54) is 13.0 Å². The van der Waals surface area contributed by atoms with Crippen LogP contribution in [0.1, 0.15) is 42.4 Å². The summed E-state index contributed by atoms with van der Waals surface area (Å²) in [6.45, 7) is 6.23. The van der Waals surface area contributed by atoms with E-state index in [9.17, 15) is 17.6 Å². The minimum atomic E-state index is -3.88. The maximum absolute atomic E-state index is 15.2. The molecule has 2 heterocycles. The summed E-state index contributed by atoms with van der Waals surface area (Å²) in [7, 11) is -3.88. The average molecular weight is 496 g/mol. The van der Waals surface area contributed by atoms with Crippen molar-refractivity contribution in [3.05, 3.63) is 53.1 Å². The summed E-state index contributed by atoms with van der Waals surface area (Å²) in [6.07, 6.45) is 2.15. The number of anilines is 1. The lowest BCUT2D eigenvalue weighted by Crippen LogP contribution is -2.54. The number of sulfonamides is 1. The molecule has 1 aliphatic heterocycles. The maximum Gasteiger partial charge on any atom is 0.269 e. The number of alkyl halides is 1. The summed E-state index contributed by atoms with van der Waals surface area (Å²) in [6, 6.07) is 6.05. The van der Waals surface area contributed by atoms with E-state index in [0.717, 1.165) is 0 Å². The van der Waals surface area contributed by atoms with Gasteiger partial charge in [0.25, 0.3) is 5.91 Å². The molecule has 34 heavy (non-hydrogen) atoms. The monoisotopic (exact) mass is 495 g/mol. The molecule has 0 radical (unpaired) electrons. The Morgan fingerprint density at radius 1 is 1.29 bits per heavy atom. The Labute approximate surface area is 199 Å². The molecule has 0 spiro atoms. The van der Waals surface area contributed by atoms with Crippen LogP contribution in [-0.4, -0.2) is 67.5 Å². The van der Waals surface area contributed by atoms with Crippen LogP contribution in [0.15, 0.2) is 30.5 Å². The van der Waals surface area contributed by atoms with Crippen LogP contribution in [-0.2, 0) is 23.0 Å². The van der Waals surface area contributed by atoms with Crippen molar-refractivity contribution < 1.29 is 22.0 Å². The predicted molar refractivity (Wildman–Crippen MR) is 126 cm³/mol. The number of piperazine rings is 1. The quantitative estimate of drug-likeness (QED) is 0.571. The molecular formula is C23H31F2N5O3S. The first-order valence-corrected chi connectivity index (χ1v) is 13.0. The molecule has 1 aromatic heterocycles. The van der Waals surface area contributed by atoms with Crippen molar-refractivity contribution in [2.45, 2.75) is 39.8 Å². The van der Waals surface area contributed by atoms with Crippen LogP contribution >= 0.6 is 0 Å². The first-order chi connectivity index (χ1) is 16.1. The Balaban J connectivity index is 1.93. The minimum Gasteiger partial charge on any atom is -0.368 e. The number of rotatable bonds is 9. The number of carbonyl (C=O) groups excluding carboxylic acids is 1. The number of halogens is 2. The van der Waals surface area contributed by atoms with E-state index in [1.54, 1.807) is 23.2 Å². The highest BCUT2D eigenvalue weighted by atomic mass is 32.2. The summed E-state index contributed by atoms with van der Waals surface area (Å²) in [4.78, 5) is 16.5. The molecule has 0 saturated carbocycles. The third-order valence-corrected chi connectivity index (χ3v) is 7.00. The van der Waals surface area contributed by atoms with Crippen LogP contribution in [0, 0.1) is 11.7 Å². The van der Waals surface area contributed by atoms with Crippen molar-refractivity contribution in [3.8, 4) is 0 Å². The second kappa shape index (κ2) is 11.2. The molecule has 0 unspecified atom stereocenters. The molecule has 186 valence electrons. The Morgan fingerprint density at radius 3 is 2.68 bits per heavy atom. The second-order valence-electron chi connectivity index (χ2n) is 8.84. The van der Waals surface area contributed by atoms with Crippen molar-refractivity contribution in [2.75, 3.05) is 37.0 Å². The SMILES string of the molecule is CCS(=O)(=O)NC(=O)c1c(F)cc(CC(C)C)cc1N1CCN(Cc2cccnn2)[C@@H](CF)C1. The molecule has 3 rings (SSSR count). The number of benzene rings is 1. The Morgan fingerprint density at radius 2 is 2.06 bits per heavy atom. The number of aromatic nitrogens is 2. The zero-order valence-electron chi connectivity index (χ0n) is 19.7. The summed E-state index contributed by atoms with van der Waals surface area (Å²) in [5, 5.41) is 7.92. The summed E-state index contributed by atoms with van der Waals surface area (Å²) >= 11 is 0. The molecular weight excluding hydrogens is 464 g/mol. The van der Waals surface area contributed by atoms with Gasteiger partial charge in [-0.1, -0.05) is 13.8 Å². The fourth-order valence-corrected chi connectivity index (χ4v) is 4.60. The molecule has 2 aromatic rings. The highest BCUT2D eigenvalue weighted by Gasteiger charge is 2.31. The first-order valence-electron chi connectivity index (χ1n) is 11.3. The van der Waals surface area contributed by atoms with Gasteiger partial charge in [-0.25, -0.2) is 21.9 Å². The lowest BCUT2D eigenvalue weighted by atomic mass is 9.98. The first kappa shape index (κ1) is 26.0. The molecule has 1 aromatic carbocycles. The van der Waals surface area contributed by atoms with Crippen molar-refractivity contribution in [2.24, 2.45) is 5.92 Å². The number of nitrogens with one attached hydrogen (secondary N) is 1. The number of nitrogens with zero attached hydrogens (tertiary/aromatic N) is 4. The standard InChI is InChI=1S/C23H31F2N5O3S/c1-4-34(32,33)28-23(31)22-20(25)11-17(10-16(2)3)12-21(22)30-9-8-29(19(13-24)15-30)14-18-6-5-7-26-27-18/h5-7,11-12,16,19H,4,8-10,13-15H2,1-3H3,(H,28,31)/t19-/m0/s1. The Hall–Kier alpha value is -2.66. The molecule has 1 aliphatic rings. The van der Waals surface area contributed by atoms with Crippen molar-refractivity contribution in [1.29, 1.82) is 0 Å². The molecule has 1 fully saturated rings. The molecule has 0 bridgehead atoms. The van der Waals surface area contributed by atoms with Crippen LogP contribution in [0.25, 0.3) is 0 Å². The minimum absolute atomic E-state index is 0.210. The van der Waals surface area contributed by atoms with Crippen molar-refractivity contribution in [3.63, 3.8) is 0 Å². The van der Waals surface area contributed by atoms with Crippen LogP contribution in [0.2, 0.25) is 0 Å². The van der Waals surface area contributed by atoms with Gasteiger partial charge in [-0.15, -0.1) is 0 Å². The zero-order chi connectivity index (χ0) is 24.9. The van der Waals surface area contributed by atoms with Gasteiger partial charge in [0.15, 0.2) is 0 Å². The largest absolute Gasteiger partial charge is 0.368 e. The van der Waals surface area contributed by atoms with Gasteiger partial charge in [0.1, 0.15) is 12.5 Å². The van der Waals surface area contributed by atoms with Crippen LogP contribution in [0.4, 0.5) is 14.5 Å². The molecule has 1 saturated heterocycles. The molecule has 1 N–H and O–H groups in total. The fraction of sp³-hybridized carbons (Fsp3) is 0.522. The van der Waals surface area contributed by atoms with Gasteiger partial charge in [-0.3, -0.25) is 9.69 Å². The topological polar surface area (TPSA) is 95.5 Å². The molecule has 1 atom stereocenters. The van der Waals surface area contributed by atoms with E-state index in [0.29, 0.717) is 37.3 Å². The average Bonchev–Trinajstić information content (AvgIpc) is 2.78. The molecule has 0 aliphatic carbocycles.